The van der Waals surface area contributed by atoms with E-state index in [4.69, 9.17) is 18.9 Å². The molecule has 0 amide bonds. The van der Waals surface area contributed by atoms with Gasteiger partial charge in [0.05, 0.1) is 34.0 Å². The topological polar surface area (TPSA) is 54.0 Å². The summed E-state index contributed by atoms with van der Waals surface area (Å²) in [6.45, 7) is 4.00. The van der Waals surface area contributed by atoms with E-state index < -0.39 is 0 Å². The molecule has 0 aromatic heterocycles. The molecule has 0 heterocycles. The molecule has 3 rings (SSSR count). The van der Waals surface area contributed by atoms with Crippen LogP contribution >= 0.6 is 0 Å². The van der Waals surface area contributed by atoms with Crippen LogP contribution < -0.4 is 14.2 Å². The first-order valence-electron chi connectivity index (χ1n) is 8.37. The molecule has 0 bridgehead atoms. The number of hydrogen-bond donors (Lipinski definition) is 0. The fourth-order valence-corrected chi connectivity index (χ4v) is 2.87. The number of benzene rings is 3. The van der Waals surface area contributed by atoms with Crippen molar-refractivity contribution in [2.45, 2.75) is 13.8 Å². The number of fused-ring (bicyclic) bond motifs is 3. The Balaban J connectivity index is 0.00000117. The van der Waals surface area contributed by atoms with Crippen LogP contribution in [-0.4, -0.2) is 34.4 Å². The molecule has 0 aliphatic rings. The molecule has 0 fully saturated rings. The minimum atomic E-state index is -0.387. The minimum Gasteiger partial charge on any atom is -0.497 e. The summed E-state index contributed by atoms with van der Waals surface area (Å²) >= 11 is 0. The molecular weight excluding hydrogens is 332 g/mol. The van der Waals surface area contributed by atoms with E-state index >= 15 is 0 Å². The molecule has 0 atom stereocenters. The molecule has 0 unspecified atom stereocenters. The highest BCUT2D eigenvalue weighted by Gasteiger charge is 2.16. The predicted octanol–water partition coefficient (Wildman–Crippen LogP) is 4.83. The Labute approximate surface area is 153 Å². The van der Waals surface area contributed by atoms with Gasteiger partial charge in [0.2, 0.25) is 0 Å². The molecule has 138 valence electrons. The number of ether oxygens (including phenoxy) is 4. The van der Waals surface area contributed by atoms with Crippen molar-refractivity contribution in [2.24, 2.45) is 0 Å². The number of esters is 1. The fourth-order valence-electron chi connectivity index (χ4n) is 2.87. The Morgan fingerprint density at radius 3 is 1.96 bits per heavy atom. The summed E-state index contributed by atoms with van der Waals surface area (Å²) < 4.78 is 21.0. The summed E-state index contributed by atoms with van der Waals surface area (Å²) in [7, 11) is 6.15. The first kappa shape index (κ1) is 19.4. The van der Waals surface area contributed by atoms with E-state index in [2.05, 4.69) is 0 Å². The van der Waals surface area contributed by atoms with Gasteiger partial charge >= 0.3 is 5.97 Å². The normalized spacial score (nSPS) is 10.1. The van der Waals surface area contributed by atoms with E-state index in [0.717, 1.165) is 21.5 Å². The molecule has 3 aromatic rings. The molecule has 26 heavy (non-hydrogen) atoms. The summed E-state index contributed by atoms with van der Waals surface area (Å²) in [5.41, 5.74) is 0.495. The van der Waals surface area contributed by atoms with Crippen LogP contribution in [-0.2, 0) is 4.74 Å². The van der Waals surface area contributed by atoms with Crippen molar-refractivity contribution >= 4 is 27.5 Å². The second-order valence-electron chi connectivity index (χ2n) is 5.26. The van der Waals surface area contributed by atoms with Gasteiger partial charge in [-0.3, -0.25) is 0 Å². The van der Waals surface area contributed by atoms with Gasteiger partial charge in [0, 0.05) is 0 Å². The van der Waals surface area contributed by atoms with Crippen molar-refractivity contribution in [3.63, 3.8) is 0 Å². The zero-order chi connectivity index (χ0) is 19.3. The Hall–Kier alpha value is -2.95. The van der Waals surface area contributed by atoms with E-state index in [0.29, 0.717) is 22.8 Å². The predicted molar refractivity (Wildman–Crippen MR) is 104 cm³/mol. The first-order chi connectivity index (χ1) is 12.6. The number of methoxy groups -OCH3 is 4. The standard InChI is InChI=1S/C19H18O5.C2H6/c1-21-12-5-6-13-15(9-12)14-10-18(23-3)17(22-2)8-11(14)7-16(13)19(20)24-4;1-2/h5-10H,1-4H3;1-2H3. The van der Waals surface area contributed by atoms with Crippen LogP contribution in [0.3, 0.4) is 0 Å². The maximum absolute atomic E-state index is 12.2. The second-order valence-corrected chi connectivity index (χ2v) is 5.26. The molecule has 0 spiro atoms. The molecule has 0 saturated carbocycles. The average Bonchev–Trinajstić information content (AvgIpc) is 2.72. The van der Waals surface area contributed by atoms with Gasteiger partial charge in [0.15, 0.2) is 11.5 Å². The van der Waals surface area contributed by atoms with Crippen molar-refractivity contribution in [1.82, 2.24) is 0 Å². The summed E-state index contributed by atoms with van der Waals surface area (Å²) in [6.07, 6.45) is 0. The molecule has 0 aliphatic heterocycles. The molecular formula is C21H24O5. The highest BCUT2D eigenvalue weighted by atomic mass is 16.5. The van der Waals surface area contributed by atoms with Gasteiger partial charge in [-0.2, -0.15) is 0 Å². The molecule has 0 radical (unpaired) electrons. The third-order valence-electron chi connectivity index (χ3n) is 4.07. The van der Waals surface area contributed by atoms with Crippen LogP contribution in [0.1, 0.15) is 24.2 Å². The minimum absolute atomic E-state index is 0.387. The molecule has 3 aromatic carbocycles. The van der Waals surface area contributed by atoms with E-state index in [1.54, 1.807) is 27.4 Å². The lowest BCUT2D eigenvalue weighted by Gasteiger charge is -2.14. The van der Waals surface area contributed by atoms with Crippen LogP contribution in [0.25, 0.3) is 21.5 Å². The summed E-state index contributed by atoms with van der Waals surface area (Å²) in [5, 5.41) is 3.47. The van der Waals surface area contributed by atoms with E-state index in [9.17, 15) is 4.79 Å². The lowest BCUT2D eigenvalue weighted by atomic mass is 9.96. The van der Waals surface area contributed by atoms with E-state index in [1.807, 2.05) is 44.2 Å². The second kappa shape index (κ2) is 8.43. The monoisotopic (exact) mass is 356 g/mol. The van der Waals surface area contributed by atoms with Crippen molar-refractivity contribution in [2.75, 3.05) is 28.4 Å². The van der Waals surface area contributed by atoms with Gasteiger partial charge in [-0.15, -0.1) is 0 Å². The molecule has 5 heteroatoms. The maximum Gasteiger partial charge on any atom is 0.338 e. The van der Waals surface area contributed by atoms with Gasteiger partial charge in [-0.25, -0.2) is 4.79 Å². The third kappa shape index (κ3) is 3.38. The van der Waals surface area contributed by atoms with E-state index in [-0.39, 0.29) is 5.97 Å². The van der Waals surface area contributed by atoms with Crippen LogP contribution in [0.4, 0.5) is 0 Å². The molecule has 0 aliphatic carbocycles. The lowest BCUT2D eigenvalue weighted by molar-refractivity contribution is 0.0603. The van der Waals surface area contributed by atoms with Gasteiger partial charge in [0.1, 0.15) is 5.75 Å². The highest BCUT2D eigenvalue weighted by Crippen LogP contribution is 2.38. The number of carbonyl (C=O) groups excluding carboxylic acids is 1. The Morgan fingerprint density at radius 1 is 0.731 bits per heavy atom. The van der Waals surface area contributed by atoms with Crippen LogP contribution in [0, 0.1) is 0 Å². The average molecular weight is 356 g/mol. The Morgan fingerprint density at radius 2 is 1.38 bits per heavy atom. The Bertz CT molecular complexity index is 931. The van der Waals surface area contributed by atoms with Crippen LogP contribution in [0.2, 0.25) is 0 Å². The highest BCUT2D eigenvalue weighted by molar-refractivity contribution is 6.16. The SMILES string of the molecule is CC.COC(=O)c1cc2cc(OC)c(OC)cc2c2cc(OC)ccc12. The quantitative estimate of drug-likeness (QED) is 0.495. The largest absolute Gasteiger partial charge is 0.497 e. The van der Waals surface area contributed by atoms with Gasteiger partial charge < -0.3 is 18.9 Å². The zero-order valence-electron chi connectivity index (χ0n) is 16.0. The fraction of sp³-hybridized carbons (Fsp3) is 0.286. The van der Waals surface area contributed by atoms with Gasteiger partial charge in [0.25, 0.3) is 0 Å². The summed E-state index contributed by atoms with van der Waals surface area (Å²) in [5.74, 6) is 1.55. The summed E-state index contributed by atoms with van der Waals surface area (Å²) in [6, 6.07) is 11.1. The number of rotatable bonds is 4. The van der Waals surface area contributed by atoms with Crippen molar-refractivity contribution in [3.8, 4) is 17.2 Å². The maximum atomic E-state index is 12.2. The first-order valence-corrected chi connectivity index (χ1v) is 8.37. The van der Waals surface area contributed by atoms with Crippen LogP contribution in [0.5, 0.6) is 17.2 Å². The smallest absolute Gasteiger partial charge is 0.338 e. The third-order valence-corrected chi connectivity index (χ3v) is 4.07. The zero-order valence-corrected chi connectivity index (χ0v) is 16.0. The van der Waals surface area contributed by atoms with Gasteiger partial charge in [-0.05, 0) is 57.9 Å². The summed E-state index contributed by atoms with van der Waals surface area (Å²) in [4.78, 5) is 12.2. The number of carbonyl (C=O) groups is 1. The van der Waals surface area contributed by atoms with E-state index in [1.165, 1.54) is 7.11 Å². The van der Waals surface area contributed by atoms with Gasteiger partial charge in [-0.1, -0.05) is 13.8 Å². The molecule has 0 N–H and O–H groups in total. The van der Waals surface area contributed by atoms with Crippen molar-refractivity contribution in [3.05, 3.63) is 42.0 Å². The van der Waals surface area contributed by atoms with Crippen molar-refractivity contribution in [1.29, 1.82) is 0 Å². The number of hydrogen-bond acceptors (Lipinski definition) is 5. The van der Waals surface area contributed by atoms with Crippen molar-refractivity contribution < 1.29 is 23.7 Å². The molecule has 0 saturated heterocycles. The van der Waals surface area contributed by atoms with Crippen LogP contribution in [0.15, 0.2) is 36.4 Å². The Kier molecular flexibility index (Phi) is 6.28. The lowest BCUT2D eigenvalue weighted by Crippen LogP contribution is -2.03. The molecule has 5 nitrogen and oxygen atoms in total.